The van der Waals surface area contributed by atoms with Crippen molar-refractivity contribution in [2.75, 3.05) is 14.2 Å². The van der Waals surface area contributed by atoms with E-state index in [-0.39, 0.29) is 5.97 Å². The van der Waals surface area contributed by atoms with Crippen LogP contribution < -0.4 is 4.74 Å². The van der Waals surface area contributed by atoms with E-state index in [4.69, 9.17) is 9.47 Å². The second-order valence-electron chi connectivity index (χ2n) is 3.97. The minimum absolute atomic E-state index is 0.339. The summed E-state index contributed by atoms with van der Waals surface area (Å²) in [5.74, 6) is 0.417. The number of rotatable bonds is 3. The molecule has 0 unspecified atom stereocenters. The number of carbonyl (C=O) groups is 1. The van der Waals surface area contributed by atoms with Crippen LogP contribution in [0.25, 0.3) is 11.1 Å². The minimum Gasteiger partial charge on any atom is -0.497 e. The standard InChI is InChI=1S/C14H15NO3/c1-15-8-12(13(9-15)14(16)18-3)10-5-4-6-11(7-10)17-2/h4-9H,1-3H3. The molecule has 0 amide bonds. The van der Waals surface area contributed by atoms with Gasteiger partial charge in [0.1, 0.15) is 5.75 Å². The molecule has 4 nitrogen and oxygen atoms in total. The van der Waals surface area contributed by atoms with E-state index >= 15 is 0 Å². The van der Waals surface area contributed by atoms with Crippen molar-refractivity contribution >= 4 is 5.97 Å². The maximum atomic E-state index is 11.7. The third-order valence-corrected chi connectivity index (χ3v) is 2.74. The van der Waals surface area contributed by atoms with E-state index in [0.717, 1.165) is 16.9 Å². The molecule has 0 bridgehead atoms. The molecular formula is C14H15NO3. The summed E-state index contributed by atoms with van der Waals surface area (Å²) in [4.78, 5) is 11.7. The average Bonchev–Trinajstić information content (AvgIpc) is 2.80. The first-order chi connectivity index (χ1) is 8.65. The van der Waals surface area contributed by atoms with Gasteiger partial charge in [-0.05, 0) is 17.7 Å². The van der Waals surface area contributed by atoms with E-state index in [1.165, 1.54) is 7.11 Å². The molecule has 0 aliphatic heterocycles. The van der Waals surface area contributed by atoms with E-state index in [1.54, 1.807) is 13.3 Å². The lowest BCUT2D eigenvalue weighted by molar-refractivity contribution is 0.0601. The maximum Gasteiger partial charge on any atom is 0.340 e. The molecule has 0 aliphatic carbocycles. The number of aromatic nitrogens is 1. The van der Waals surface area contributed by atoms with Crippen LogP contribution in [0.3, 0.4) is 0 Å². The summed E-state index contributed by atoms with van der Waals surface area (Å²) in [6, 6.07) is 7.58. The molecule has 0 saturated carbocycles. The number of benzene rings is 1. The van der Waals surface area contributed by atoms with Crippen LogP contribution in [0.4, 0.5) is 0 Å². The van der Waals surface area contributed by atoms with Gasteiger partial charge in [-0.3, -0.25) is 0 Å². The highest BCUT2D eigenvalue weighted by atomic mass is 16.5. The number of esters is 1. The fraction of sp³-hybridized carbons (Fsp3) is 0.214. The quantitative estimate of drug-likeness (QED) is 0.780. The van der Waals surface area contributed by atoms with Crippen molar-refractivity contribution in [1.82, 2.24) is 4.57 Å². The van der Waals surface area contributed by atoms with Gasteiger partial charge in [-0.25, -0.2) is 4.79 Å². The van der Waals surface area contributed by atoms with Gasteiger partial charge >= 0.3 is 5.97 Å². The van der Waals surface area contributed by atoms with E-state index < -0.39 is 0 Å². The van der Waals surface area contributed by atoms with Gasteiger partial charge in [0.2, 0.25) is 0 Å². The van der Waals surface area contributed by atoms with Crippen LogP contribution in [-0.4, -0.2) is 24.8 Å². The summed E-state index contributed by atoms with van der Waals surface area (Å²) in [5, 5.41) is 0. The number of hydrogen-bond donors (Lipinski definition) is 0. The van der Waals surface area contributed by atoms with Gasteiger partial charge in [-0.15, -0.1) is 0 Å². The Morgan fingerprint density at radius 1 is 1.22 bits per heavy atom. The van der Waals surface area contributed by atoms with Crippen molar-refractivity contribution in [3.63, 3.8) is 0 Å². The molecule has 1 aromatic heterocycles. The van der Waals surface area contributed by atoms with Gasteiger partial charge in [0.25, 0.3) is 0 Å². The first-order valence-corrected chi connectivity index (χ1v) is 5.54. The molecule has 0 fully saturated rings. The lowest BCUT2D eigenvalue weighted by Gasteiger charge is -2.05. The summed E-state index contributed by atoms with van der Waals surface area (Å²) in [6.07, 6.45) is 3.64. The van der Waals surface area contributed by atoms with Crippen molar-refractivity contribution < 1.29 is 14.3 Å². The van der Waals surface area contributed by atoms with Crippen LogP contribution in [-0.2, 0) is 11.8 Å². The Balaban J connectivity index is 2.52. The highest BCUT2D eigenvalue weighted by Crippen LogP contribution is 2.28. The molecule has 0 atom stereocenters. The second-order valence-corrected chi connectivity index (χ2v) is 3.97. The predicted molar refractivity (Wildman–Crippen MR) is 68.7 cm³/mol. The van der Waals surface area contributed by atoms with Crippen LogP contribution in [0.15, 0.2) is 36.7 Å². The van der Waals surface area contributed by atoms with Gasteiger partial charge < -0.3 is 14.0 Å². The highest BCUT2D eigenvalue weighted by molar-refractivity contribution is 5.97. The molecule has 94 valence electrons. The molecule has 4 heteroatoms. The number of carbonyl (C=O) groups excluding carboxylic acids is 1. The lowest BCUT2D eigenvalue weighted by atomic mass is 10.0. The van der Waals surface area contributed by atoms with Crippen molar-refractivity contribution in [2.24, 2.45) is 7.05 Å². The van der Waals surface area contributed by atoms with Gasteiger partial charge in [0, 0.05) is 25.0 Å². The van der Waals surface area contributed by atoms with Crippen LogP contribution in [0, 0.1) is 0 Å². The predicted octanol–water partition coefficient (Wildman–Crippen LogP) is 2.49. The topological polar surface area (TPSA) is 40.5 Å². The van der Waals surface area contributed by atoms with Gasteiger partial charge in [0.15, 0.2) is 0 Å². The van der Waals surface area contributed by atoms with Gasteiger partial charge in [-0.1, -0.05) is 12.1 Å². The van der Waals surface area contributed by atoms with Crippen LogP contribution >= 0.6 is 0 Å². The largest absolute Gasteiger partial charge is 0.497 e. The van der Waals surface area contributed by atoms with E-state index in [1.807, 2.05) is 42.1 Å². The molecule has 1 aromatic carbocycles. The Hall–Kier alpha value is -2.23. The molecule has 0 N–H and O–H groups in total. The fourth-order valence-electron chi connectivity index (χ4n) is 1.88. The molecule has 2 rings (SSSR count). The first kappa shape index (κ1) is 12.2. The highest BCUT2D eigenvalue weighted by Gasteiger charge is 2.15. The Morgan fingerprint density at radius 3 is 2.67 bits per heavy atom. The van der Waals surface area contributed by atoms with Crippen molar-refractivity contribution in [2.45, 2.75) is 0 Å². The zero-order valence-electron chi connectivity index (χ0n) is 10.6. The Labute approximate surface area is 106 Å². The third-order valence-electron chi connectivity index (χ3n) is 2.74. The number of nitrogens with zero attached hydrogens (tertiary/aromatic N) is 1. The van der Waals surface area contributed by atoms with Gasteiger partial charge in [-0.2, -0.15) is 0 Å². The maximum absolute atomic E-state index is 11.7. The van der Waals surface area contributed by atoms with E-state index in [9.17, 15) is 4.79 Å². The number of hydrogen-bond acceptors (Lipinski definition) is 3. The van der Waals surface area contributed by atoms with Gasteiger partial charge in [0.05, 0.1) is 19.8 Å². The normalized spacial score (nSPS) is 10.2. The minimum atomic E-state index is -0.339. The monoisotopic (exact) mass is 245 g/mol. The van der Waals surface area contributed by atoms with Crippen molar-refractivity contribution in [3.05, 3.63) is 42.2 Å². The molecule has 0 aliphatic rings. The molecule has 18 heavy (non-hydrogen) atoms. The van der Waals surface area contributed by atoms with E-state index in [0.29, 0.717) is 5.56 Å². The summed E-state index contributed by atoms with van der Waals surface area (Å²) < 4.78 is 11.8. The zero-order valence-corrected chi connectivity index (χ0v) is 10.6. The lowest BCUT2D eigenvalue weighted by Crippen LogP contribution is -2.01. The Kier molecular flexibility index (Phi) is 3.37. The zero-order chi connectivity index (χ0) is 13.1. The first-order valence-electron chi connectivity index (χ1n) is 5.54. The number of methoxy groups -OCH3 is 2. The molecule has 0 saturated heterocycles. The summed E-state index contributed by atoms with van der Waals surface area (Å²) in [7, 11) is 4.87. The van der Waals surface area contributed by atoms with Crippen molar-refractivity contribution in [3.8, 4) is 16.9 Å². The molecule has 0 radical (unpaired) electrons. The average molecular weight is 245 g/mol. The van der Waals surface area contributed by atoms with E-state index in [2.05, 4.69) is 0 Å². The Morgan fingerprint density at radius 2 is 2.00 bits per heavy atom. The van der Waals surface area contributed by atoms with Crippen LogP contribution in [0.2, 0.25) is 0 Å². The smallest absolute Gasteiger partial charge is 0.340 e. The SMILES string of the molecule is COC(=O)c1cn(C)cc1-c1cccc(OC)c1. The van der Waals surface area contributed by atoms with Crippen molar-refractivity contribution in [1.29, 1.82) is 0 Å². The fourth-order valence-corrected chi connectivity index (χ4v) is 1.88. The van der Waals surface area contributed by atoms with Crippen LogP contribution in [0.1, 0.15) is 10.4 Å². The molecule has 0 spiro atoms. The molecule has 2 aromatic rings. The third kappa shape index (κ3) is 2.22. The van der Waals surface area contributed by atoms with Crippen LogP contribution in [0.5, 0.6) is 5.75 Å². The number of ether oxygens (including phenoxy) is 2. The summed E-state index contributed by atoms with van der Waals surface area (Å²) in [6.45, 7) is 0. The summed E-state index contributed by atoms with van der Waals surface area (Å²) >= 11 is 0. The molecule has 1 heterocycles. The molecular weight excluding hydrogens is 230 g/mol. The number of aryl methyl sites for hydroxylation is 1. The second kappa shape index (κ2) is 4.96. The Bertz CT molecular complexity index is 572. The summed E-state index contributed by atoms with van der Waals surface area (Å²) in [5.41, 5.74) is 2.31.